The van der Waals surface area contributed by atoms with Gasteiger partial charge < -0.3 is 15.8 Å². The molecular weight excluding hydrogens is 261 g/mol. The fraction of sp³-hybridized carbons (Fsp3) is 0.417. The zero-order valence-corrected chi connectivity index (χ0v) is 10.3. The number of rotatable bonds is 5. The summed E-state index contributed by atoms with van der Waals surface area (Å²) >= 11 is 0. The number of amides is 1. The highest BCUT2D eigenvalue weighted by Gasteiger charge is 2.30. The first kappa shape index (κ1) is 15.3. The molecule has 1 atom stereocenters. The van der Waals surface area contributed by atoms with E-state index in [1.807, 2.05) is 6.92 Å². The molecule has 0 fully saturated rings. The van der Waals surface area contributed by atoms with Crippen molar-refractivity contribution < 1.29 is 22.7 Å². The van der Waals surface area contributed by atoms with E-state index < -0.39 is 6.36 Å². The van der Waals surface area contributed by atoms with Crippen molar-refractivity contribution in [2.75, 3.05) is 5.32 Å². The maximum Gasteiger partial charge on any atom is 0.573 e. The lowest BCUT2D eigenvalue weighted by Crippen LogP contribution is -2.26. The van der Waals surface area contributed by atoms with Crippen LogP contribution in [0.5, 0.6) is 5.75 Å². The van der Waals surface area contributed by atoms with Gasteiger partial charge in [0.2, 0.25) is 5.91 Å². The Hall–Kier alpha value is -1.76. The predicted octanol–water partition coefficient (Wildman–Crippen LogP) is 2.65. The summed E-state index contributed by atoms with van der Waals surface area (Å²) < 4.78 is 39.5. The summed E-state index contributed by atoms with van der Waals surface area (Å²) in [5.41, 5.74) is 6.01. The summed E-state index contributed by atoms with van der Waals surface area (Å²) in [5, 5.41) is 2.54. The van der Waals surface area contributed by atoms with Gasteiger partial charge in [0.15, 0.2) is 0 Å². The summed E-state index contributed by atoms with van der Waals surface area (Å²) in [4.78, 5) is 11.5. The molecule has 0 aliphatic heterocycles. The van der Waals surface area contributed by atoms with E-state index >= 15 is 0 Å². The number of halogens is 3. The third-order valence-electron chi connectivity index (χ3n) is 2.34. The van der Waals surface area contributed by atoms with Crippen LogP contribution in [0.4, 0.5) is 18.9 Å². The van der Waals surface area contributed by atoms with Crippen LogP contribution in [0.25, 0.3) is 0 Å². The first-order chi connectivity index (χ1) is 8.80. The summed E-state index contributed by atoms with van der Waals surface area (Å²) in [6, 6.07) is 4.69. The average Bonchev–Trinajstić information content (AvgIpc) is 2.29. The standard InChI is InChI=1S/C12H15F3N2O2/c1-2-8(16)7-11(18)17-9-3-5-10(6-4-9)19-12(13,14)15/h3-6,8H,2,7,16H2,1H3,(H,17,18). The molecule has 0 aliphatic rings. The number of carbonyl (C=O) groups is 1. The van der Waals surface area contributed by atoms with E-state index in [9.17, 15) is 18.0 Å². The van der Waals surface area contributed by atoms with Crippen molar-refractivity contribution in [2.45, 2.75) is 32.2 Å². The number of hydrogen-bond acceptors (Lipinski definition) is 3. The Balaban J connectivity index is 2.55. The van der Waals surface area contributed by atoms with Crippen LogP contribution in [-0.2, 0) is 4.79 Å². The van der Waals surface area contributed by atoms with E-state index in [1.165, 1.54) is 12.1 Å². The molecule has 1 amide bonds. The van der Waals surface area contributed by atoms with E-state index in [2.05, 4.69) is 10.1 Å². The van der Waals surface area contributed by atoms with Crippen LogP contribution >= 0.6 is 0 Å². The number of ether oxygens (including phenoxy) is 1. The second-order valence-corrected chi connectivity index (χ2v) is 3.99. The van der Waals surface area contributed by atoms with Crippen molar-refractivity contribution in [1.82, 2.24) is 0 Å². The molecule has 19 heavy (non-hydrogen) atoms. The molecule has 106 valence electrons. The molecule has 0 heterocycles. The number of carbonyl (C=O) groups excluding carboxylic acids is 1. The predicted molar refractivity (Wildman–Crippen MR) is 64.6 cm³/mol. The largest absolute Gasteiger partial charge is 0.573 e. The molecule has 0 aliphatic carbocycles. The van der Waals surface area contributed by atoms with E-state index in [4.69, 9.17) is 5.73 Å². The fourth-order valence-electron chi connectivity index (χ4n) is 1.33. The lowest BCUT2D eigenvalue weighted by Gasteiger charge is -2.11. The SMILES string of the molecule is CCC(N)CC(=O)Nc1ccc(OC(F)(F)F)cc1. The molecule has 3 N–H and O–H groups in total. The monoisotopic (exact) mass is 276 g/mol. The van der Waals surface area contributed by atoms with Gasteiger partial charge in [-0.1, -0.05) is 6.92 Å². The maximum atomic E-state index is 11.9. The van der Waals surface area contributed by atoms with Crippen molar-refractivity contribution in [2.24, 2.45) is 5.73 Å². The van der Waals surface area contributed by atoms with Crippen molar-refractivity contribution >= 4 is 11.6 Å². The first-order valence-corrected chi connectivity index (χ1v) is 5.71. The number of benzene rings is 1. The molecule has 0 saturated heterocycles. The van der Waals surface area contributed by atoms with Gasteiger partial charge >= 0.3 is 6.36 Å². The molecule has 7 heteroatoms. The Morgan fingerprint density at radius 2 is 1.95 bits per heavy atom. The van der Waals surface area contributed by atoms with Gasteiger partial charge in [-0.25, -0.2) is 0 Å². The van der Waals surface area contributed by atoms with Gasteiger partial charge in [-0.15, -0.1) is 13.2 Å². The van der Waals surface area contributed by atoms with Gasteiger partial charge in [-0.05, 0) is 30.7 Å². The second-order valence-electron chi connectivity index (χ2n) is 3.99. The van der Waals surface area contributed by atoms with Gasteiger partial charge in [0.1, 0.15) is 5.75 Å². The Morgan fingerprint density at radius 3 is 2.42 bits per heavy atom. The lowest BCUT2D eigenvalue weighted by atomic mass is 10.1. The van der Waals surface area contributed by atoms with Crippen LogP contribution < -0.4 is 15.8 Å². The van der Waals surface area contributed by atoms with Crippen molar-refractivity contribution in [3.8, 4) is 5.75 Å². The summed E-state index contributed by atoms with van der Waals surface area (Å²) in [5.74, 6) is -0.616. The molecule has 0 radical (unpaired) electrons. The molecule has 0 saturated carbocycles. The minimum absolute atomic E-state index is 0.164. The number of alkyl halides is 3. The Bertz CT molecular complexity index is 418. The smallest absolute Gasteiger partial charge is 0.406 e. The normalized spacial score (nSPS) is 12.9. The molecule has 1 aromatic carbocycles. The highest BCUT2D eigenvalue weighted by atomic mass is 19.4. The molecule has 1 aromatic rings. The maximum absolute atomic E-state index is 11.9. The summed E-state index contributed by atoms with van der Waals surface area (Å²) in [6.07, 6.45) is -3.89. The summed E-state index contributed by atoms with van der Waals surface area (Å²) in [6.45, 7) is 1.86. The van der Waals surface area contributed by atoms with Gasteiger partial charge in [-0.3, -0.25) is 4.79 Å². The zero-order valence-electron chi connectivity index (χ0n) is 10.3. The molecular formula is C12H15F3N2O2. The fourth-order valence-corrected chi connectivity index (χ4v) is 1.33. The lowest BCUT2D eigenvalue weighted by molar-refractivity contribution is -0.274. The number of nitrogens with one attached hydrogen (secondary N) is 1. The topological polar surface area (TPSA) is 64.4 Å². The van der Waals surface area contributed by atoms with Crippen molar-refractivity contribution in [3.05, 3.63) is 24.3 Å². The second kappa shape index (κ2) is 6.42. The Labute approximate surface area is 108 Å². The van der Waals surface area contributed by atoms with Crippen LogP contribution in [0.2, 0.25) is 0 Å². The molecule has 1 unspecified atom stereocenters. The number of hydrogen-bond donors (Lipinski definition) is 2. The molecule has 0 aromatic heterocycles. The van der Waals surface area contributed by atoms with E-state index in [0.717, 1.165) is 12.1 Å². The van der Waals surface area contributed by atoms with Gasteiger partial charge in [0.25, 0.3) is 0 Å². The van der Waals surface area contributed by atoms with Crippen LogP contribution in [0, 0.1) is 0 Å². The highest BCUT2D eigenvalue weighted by molar-refractivity contribution is 5.91. The molecule has 1 rings (SSSR count). The summed E-state index contributed by atoms with van der Waals surface area (Å²) in [7, 11) is 0. The van der Waals surface area contributed by atoms with E-state index in [0.29, 0.717) is 12.1 Å². The van der Waals surface area contributed by atoms with Crippen molar-refractivity contribution in [3.63, 3.8) is 0 Å². The molecule has 4 nitrogen and oxygen atoms in total. The van der Waals surface area contributed by atoms with Crippen LogP contribution in [-0.4, -0.2) is 18.3 Å². The highest BCUT2D eigenvalue weighted by Crippen LogP contribution is 2.23. The van der Waals surface area contributed by atoms with Gasteiger partial charge in [0, 0.05) is 18.2 Å². The third-order valence-corrected chi connectivity index (χ3v) is 2.34. The van der Waals surface area contributed by atoms with Crippen molar-refractivity contribution in [1.29, 1.82) is 0 Å². The third kappa shape index (κ3) is 6.10. The quantitative estimate of drug-likeness (QED) is 0.869. The van der Waals surface area contributed by atoms with Crippen LogP contribution in [0.1, 0.15) is 19.8 Å². The average molecular weight is 276 g/mol. The van der Waals surface area contributed by atoms with Gasteiger partial charge in [0.05, 0.1) is 0 Å². The van der Waals surface area contributed by atoms with E-state index in [1.54, 1.807) is 0 Å². The first-order valence-electron chi connectivity index (χ1n) is 5.71. The Morgan fingerprint density at radius 1 is 1.37 bits per heavy atom. The zero-order chi connectivity index (χ0) is 14.5. The minimum Gasteiger partial charge on any atom is -0.406 e. The van der Waals surface area contributed by atoms with E-state index in [-0.39, 0.29) is 24.1 Å². The van der Waals surface area contributed by atoms with Crippen LogP contribution in [0.15, 0.2) is 24.3 Å². The molecule has 0 bridgehead atoms. The van der Waals surface area contributed by atoms with Crippen LogP contribution in [0.3, 0.4) is 0 Å². The number of nitrogens with two attached hydrogens (primary N) is 1. The van der Waals surface area contributed by atoms with Gasteiger partial charge in [-0.2, -0.15) is 0 Å². The molecule has 0 spiro atoms. The minimum atomic E-state index is -4.72. The Kier molecular flexibility index (Phi) is 5.17. The number of anilines is 1.